The summed E-state index contributed by atoms with van der Waals surface area (Å²) in [6.07, 6.45) is 8.04. The van der Waals surface area contributed by atoms with Crippen LogP contribution in [0.25, 0.3) is 6.08 Å². The summed E-state index contributed by atoms with van der Waals surface area (Å²) in [4.78, 5) is 0. The standard InChI is InChI=1S/C12H14/c1-2-4-10-7-8-11-5-3-6-12(11)9-10/h3,6-9H,2,4-5H2,1H3. The molecule has 1 aliphatic carbocycles. The van der Waals surface area contributed by atoms with Crippen molar-refractivity contribution in [2.24, 2.45) is 0 Å². The lowest BCUT2D eigenvalue weighted by Crippen LogP contribution is -1.86. The lowest BCUT2D eigenvalue weighted by Gasteiger charge is -2.02. The van der Waals surface area contributed by atoms with E-state index < -0.39 is 0 Å². The molecule has 0 N–H and O–H groups in total. The number of allylic oxidation sites excluding steroid dienone is 1. The number of hydrogen-bond donors (Lipinski definition) is 0. The fraction of sp³-hybridized carbons (Fsp3) is 0.333. The van der Waals surface area contributed by atoms with Crippen molar-refractivity contribution in [2.75, 3.05) is 0 Å². The van der Waals surface area contributed by atoms with Crippen LogP contribution in [0.4, 0.5) is 0 Å². The third-order valence-electron chi connectivity index (χ3n) is 2.38. The zero-order valence-corrected chi connectivity index (χ0v) is 7.51. The van der Waals surface area contributed by atoms with Crippen LogP contribution in [0.2, 0.25) is 0 Å². The molecule has 0 nitrogen and oxygen atoms in total. The molecule has 0 aliphatic heterocycles. The number of aryl methyl sites for hydroxylation is 1. The Hall–Kier alpha value is -1.04. The van der Waals surface area contributed by atoms with Gasteiger partial charge in [0.25, 0.3) is 0 Å². The maximum atomic E-state index is 2.32. The quantitative estimate of drug-likeness (QED) is 0.620. The summed E-state index contributed by atoms with van der Waals surface area (Å²) < 4.78 is 0. The van der Waals surface area contributed by atoms with E-state index in [-0.39, 0.29) is 0 Å². The highest BCUT2D eigenvalue weighted by Gasteiger charge is 2.04. The summed E-state index contributed by atoms with van der Waals surface area (Å²) in [5, 5.41) is 0. The van der Waals surface area contributed by atoms with E-state index in [1.165, 1.54) is 29.5 Å². The maximum absolute atomic E-state index is 2.32. The van der Waals surface area contributed by atoms with Crippen LogP contribution in [0, 0.1) is 0 Å². The van der Waals surface area contributed by atoms with Crippen molar-refractivity contribution in [3.8, 4) is 0 Å². The summed E-state index contributed by atoms with van der Waals surface area (Å²) in [6.45, 7) is 2.23. The highest BCUT2D eigenvalue weighted by Crippen LogP contribution is 2.20. The van der Waals surface area contributed by atoms with Gasteiger partial charge in [0.1, 0.15) is 0 Å². The van der Waals surface area contributed by atoms with Crippen LogP contribution in [-0.4, -0.2) is 0 Å². The fourth-order valence-corrected chi connectivity index (χ4v) is 1.74. The van der Waals surface area contributed by atoms with Crippen molar-refractivity contribution in [3.63, 3.8) is 0 Å². The Morgan fingerprint density at radius 3 is 3.08 bits per heavy atom. The van der Waals surface area contributed by atoms with Gasteiger partial charge in [-0.2, -0.15) is 0 Å². The largest absolute Gasteiger partial charge is 0.0795 e. The Kier molecular flexibility index (Phi) is 1.99. The lowest BCUT2D eigenvalue weighted by atomic mass is 10.0. The second kappa shape index (κ2) is 3.14. The van der Waals surface area contributed by atoms with Gasteiger partial charge in [0.15, 0.2) is 0 Å². The van der Waals surface area contributed by atoms with Crippen molar-refractivity contribution < 1.29 is 0 Å². The SMILES string of the molecule is CCCc1ccc2c(c1)C=CC2. The summed E-state index contributed by atoms with van der Waals surface area (Å²) >= 11 is 0. The van der Waals surface area contributed by atoms with Gasteiger partial charge in [-0.15, -0.1) is 0 Å². The molecule has 0 radical (unpaired) electrons. The molecule has 1 aromatic rings. The summed E-state index contributed by atoms with van der Waals surface area (Å²) in [5.41, 5.74) is 4.39. The highest BCUT2D eigenvalue weighted by molar-refractivity contribution is 5.60. The summed E-state index contributed by atoms with van der Waals surface area (Å²) in [5.74, 6) is 0. The van der Waals surface area contributed by atoms with Crippen LogP contribution in [0.15, 0.2) is 24.3 Å². The first-order valence-corrected chi connectivity index (χ1v) is 4.68. The van der Waals surface area contributed by atoms with Gasteiger partial charge in [0, 0.05) is 0 Å². The third-order valence-corrected chi connectivity index (χ3v) is 2.38. The van der Waals surface area contributed by atoms with Crippen LogP contribution in [0.5, 0.6) is 0 Å². The van der Waals surface area contributed by atoms with E-state index in [9.17, 15) is 0 Å². The predicted molar refractivity (Wildman–Crippen MR) is 53.2 cm³/mol. The van der Waals surface area contributed by atoms with Crippen molar-refractivity contribution >= 4 is 6.08 Å². The summed E-state index contributed by atoms with van der Waals surface area (Å²) in [7, 11) is 0. The normalized spacial score (nSPS) is 13.4. The number of fused-ring (bicyclic) bond motifs is 1. The molecule has 0 fully saturated rings. The first-order valence-electron chi connectivity index (χ1n) is 4.68. The zero-order valence-electron chi connectivity index (χ0n) is 7.51. The van der Waals surface area contributed by atoms with Gasteiger partial charge >= 0.3 is 0 Å². The molecule has 0 unspecified atom stereocenters. The van der Waals surface area contributed by atoms with Crippen LogP contribution in [0.3, 0.4) is 0 Å². The van der Waals surface area contributed by atoms with E-state index in [0.717, 1.165) is 6.42 Å². The molecule has 0 saturated heterocycles. The molecule has 0 spiro atoms. The van der Waals surface area contributed by atoms with Crippen molar-refractivity contribution in [2.45, 2.75) is 26.2 Å². The highest BCUT2D eigenvalue weighted by atomic mass is 14.1. The van der Waals surface area contributed by atoms with Gasteiger partial charge in [-0.1, -0.05) is 43.7 Å². The fourth-order valence-electron chi connectivity index (χ4n) is 1.74. The first kappa shape index (κ1) is 7.60. The van der Waals surface area contributed by atoms with Gasteiger partial charge in [-0.25, -0.2) is 0 Å². The molecule has 62 valence electrons. The average molecular weight is 158 g/mol. The van der Waals surface area contributed by atoms with E-state index >= 15 is 0 Å². The van der Waals surface area contributed by atoms with Gasteiger partial charge in [-0.3, -0.25) is 0 Å². The Labute approximate surface area is 73.9 Å². The monoisotopic (exact) mass is 158 g/mol. The van der Waals surface area contributed by atoms with E-state index in [0.29, 0.717) is 0 Å². The number of rotatable bonds is 2. The predicted octanol–water partition coefficient (Wildman–Crippen LogP) is 3.21. The van der Waals surface area contributed by atoms with Crippen molar-refractivity contribution in [1.82, 2.24) is 0 Å². The Balaban J connectivity index is 2.31. The molecule has 0 bridgehead atoms. The average Bonchev–Trinajstić information content (AvgIpc) is 2.51. The minimum atomic E-state index is 1.13. The third kappa shape index (κ3) is 1.29. The molecular weight excluding hydrogens is 144 g/mol. The Bertz CT molecular complexity index is 308. The topological polar surface area (TPSA) is 0 Å². The Morgan fingerprint density at radius 2 is 2.25 bits per heavy atom. The second-order valence-electron chi connectivity index (χ2n) is 3.39. The van der Waals surface area contributed by atoms with Gasteiger partial charge in [0.05, 0.1) is 0 Å². The molecule has 12 heavy (non-hydrogen) atoms. The molecule has 0 heterocycles. The smallest absolute Gasteiger partial charge is 0.00882 e. The van der Waals surface area contributed by atoms with Crippen LogP contribution in [0.1, 0.15) is 30.0 Å². The zero-order chi connectivity index (χ0) is 8.39. The molecule has 1 aromatic carbocycles. The van der Waals surface area contributed by atoms with Crippen LogP contribution >= 0.6 is 0 Å². The molecule has 0 saturated carbocycles. The molecule has 0 amide bonds. The molecule has 2 rings (SSSR count). The molecule has 0 heteroatoms. The molecule has 1 aliphatic rings. The van der Waals surface area contributed by atoms with E-state index in [1.807, 2.05) is 0 Å². The lowest BCUT2D eigenvalue weighted by molar-refractivity contribution is 0.920. The Morgan fingerprint density at radius 1 is 1.33 bits per heavy atom. The van der Waals surface area contributed by atoms with Gasteiger partial charge in [0.2, 0.25) is 0 Å². The molecule has 0 atom stereocenters. The van der Waals surface area contributed by atoms with E-state index in [1.54, 1.807) is 0 Å². The van der Waals surface area contributed by atoms with E-state index in [4.69, 9.17) is 0 Å². The maximum Gasteiger partial charge on any atom is -0.00882 e. The molecule has 0 aromatic heterocycles. The minimum Gasteiger partial charge on any atom is -0.0795 e. The van der Waals surface area contributed by atoms with Crippen LogP contribution in [-0.2, 0) is 12.8 Å². The van der Waals surface area contributed by atoms with E-state index in [2.05, 4.69) is 37.3 Å². The van der Waals surface area contributed by atoms with Crippen molar-refractivity contribution in [3.05, 3.63) is 41.0 Å². The number of hydrogen-bond acceptors (Lipinski definition) is 0. The summed E-state index contributed by atoms with van der Waals surface area (Å²) in [6, 6.07) is 6.85. The minimum absolute atomic E-state index is 1.13. The second-order valence-corrected chi connectivity index (χ2v) is 3.39. The van der Waals surface area contributed by atoms with Gasteiger partial charge < -0.3 is 0 Å². The van der Waals surface area contributed by atoms with Crippen LogP contribution < -0.4 is 0 Å². The van der Waals surface area contributed by atoms with Crippen molar-refractivity contribution in [1.29, 1.82) is 0 Å². The first-order chi connectivity index (χ1) is 5.90. The van der Waals surface area contributed by atoms with Gasteiger partial charge in [-0.05, 0) is 29.5 Å². The number of benzene rings is 1. The molecular formula is C12H14.